The summed E-state index contributed by atoms with van der Waals surface area (Å²) in [7, 11) is 0. The molecule has 5 aromatic rings. The molecular weight excluding hydrogens is 958 g/mol. The zero-order valence-corrected chi connectivity index (χ0v) is 39.5. The van der Waals surface area contributed by atoms with E-state index in [4.69, 9.17) is 6.03 Å². The Labute approximate surface area is 395 Å². The van der Waals surface area contributed by atoms with Crippen molar-refractivity contribution in [1.29, 1.82) is 0 Å². The Hall–Kier alpha value is -3.10. The fourth-order valence-corrected chi connectivity index (χ4v) is 19.8. The first-order chi connectivity index (χ1) is 29.2. The van der Waals surface area contributed by atoms with Crippen molar-refractivity contribution in [2.75, 3.05) is 0 Å². The number of hydrogen-bond donors (Lipinski definition) is 0. The van der Waals surface area contributed by atoms with Crippen molar-refractivity contribution in [2.45, 2.75) is 20.8 Å². The van der Waals surface area contributed by atoms with Crippen LogP contribution >= 0.6 is 0 Å². The Morgan fingerprint density at radius 1 is 0.339 bits per heavy atom. The van der Waals surface area contributed by atoms with Gasteiger partial charge in [-0.3, -0.25) is 0 Å². The molecule has 4 nitrogen and oxygen atoms in total. The van der Waals surface area contributed by atoms with Crippen molar-refractivity contribution in [1.82, 2.24) is 0 Å². The molecule has 0 aliphatic heterocycles. The van der Waals surface area contributed by atoms with Crippen LogP contribution in [-0.4, -0.2) is 30.2 Å². The first kappa shape index (κ1) is 49.9. The molecule has 62 heavy (non-hydrogen) atoms. The van der Waals surface area contributed by atoms with E-state index in [0.29, 0.717) is 21.7 Å². The summed E-state index contributed by atoms with van der Waals surface area (Å²) in [4.78, 5) is 29.4. The van der Waals surface area contributed by atoms with E-state index in [1.807, 2.05) is 233 Å². The topological polar surface area (TPSA) is 52.6 Å². The number of aryl methyl sites for hydroxylation is 3. The Kier molecular flexibility index (Phi) is 19.1. The summed E-state index contributed by atoms with van der Waals surface area (Å²) in [6.07, 6.45) is 36.1. The van der Waals surface area contributed by atoms with E-state index in [1.54, 1.807) is 24.3 Å². The van der Waals surface area contributed by atoms with Crippen LogP contribution in [0.3, 0.4) is 0 Å². The van der Waals surface area contributed by atoms with Crippen LogP contribution in [0.2, 0.25) is 0 Å². The van der Waals surface area contributed by atoms with E-state index in [0.717, 1.165) is 39.7 Å². The molecule has 20 radical (unpaired) electrons. The van der Waals surface area contributed by atoms with Crippen LogP contribution in [0.25, 0.3) is 0 Å². The molecule has 308 valence electrons. The van der Waals surface area contributed by atoms with Crippen LogP contribution in [0.1, 0.15) is 48.5 Å². The third-order valence-electron chi connectivity index (χ3n) is 10.4. The molecule has 0 N–H and O–H groups in total. The molecule has 0 spiro atoms. The summed E-state index contributed by atoms with van der Waals surface area (Å²) in [5.74, 6) is 0.988. The van der Waals surface area contributed by atoms with Crippen molar-refractivity contribution in [2.24, 2.45) is 0 Å². The van der Waals surface area contributed by atoms with Gasteiger partial charge in [0.2, 0.25) is 0 Å². The van der Waals surface area contributed by atoms with Crippen LogP contribution in [0, 0.1) is 148 Å². The van der Waals surface area contributed by atoms with Gasteiger partial charge in [0.1, 0.15) is 0 Å². The van der Waals surface area contributed by atoms with Gasteiger partial charge in [-0.2, -0.15) is 0 Å². The number of hydrogen-bond acceptors (Lipinski definition) is 4. The number of carbonyl (C=O) groups is 2. The summed E-state index contributed by atoms with van der Waals surface area (Å²) < 4.78 is 16.2. The first-order valence-corrected chi connectivity index (χ1v) is 25.9. The molecule has 0 unspecified atom stereocenters. The molecule has 0 bridgehead atoms. The Morgan fingerprint density at radius 2 is 0.581 bits per heavy atom. The van der Waals surface area contributed by atoms with E-state index >= 15 is 0 Å². The standard InChI is InChI=1S/2C12H9O2.3C7H7.2C5H5.2Fe.Sb/c2*13-12(14)11-7-5-10(6-8-11)9-3-1-2-4-9;3*1-7-5-3-2-4-6-7;2*1-2-4-5-3-1;;;/h2*1-8H,(H,13,14);3*3-6H,1H3;2*1-5H;;;/q;;;;;;;3*+2/p-2. The Balaban J connectivity index is 0.000000533. The molecule has 7 heteroatoms. The SMILES string of the molecule is Cc1cc[c]([Sb]([O]C(=O)c2ccc([C]3[CH][CH][CH][CH]3)cc2)([O]C(=O)c2ccc([C]3[CH][CH][CH][CH]3)cc2)([c]2ccc(C)cc2)[c]2ccc(C)cc2)cc1.[CH]1[CH][CH][CH][CH]1.[CH]1[CH][CH][CH][CH]1.[Fe+2].[Fe+2]. The maximum absolute atomic E-state index is 14.7. The molecule has 0 aromatic heterocycles. The van der Waals surface area contributed by atoms with Gasteiger partial charge in [-0.05, 0) is 64.2 Å². The molecule has 0 saturated heterocycles. The minimum absolute atomic E-state index is 0. The van der Waals surface area contributed by atoms with Crippen molar-refractivity contribution < 1.29 is 49.8 Å². The minimum Gasteiger partial charge on any atom is -0.0312 e. The van der Waals surface area contributed by atoms with Gasteiger partial charge in [0.05, 0.1) is 0 Å². The van der Waals surface area contributed by atoms with Gasteiger partial charge in [-0.1, -0.05) is 0 Å². The molecule has 0 amide bonds. The van der Waals surface area contributed by atoms with E-state index in [2.05, 4.69) is 0 Å². The van der Waals surface area contributed by atoms with Gasteiger partial charge in [-0.25, -0.2) is 0 Å². The van der Waals surface area contributed by atoms with Gasteiger partial charge >= 0.3 is 335 Å². The normalized spacial score (nSPS) is 16.9. The largest absolute Gasteiger partial charge is 2.00 e. The van der Waals surface area contributed by atoms with Crippen LogP contribution < -0.4 is 10.5 Å². The summed E-state index contributed by atoms with van der Waals surface area (Å²) in [6, 6.07) is 38.4. The summed E-state index contributed by atoms with van der Waals surface area (Å²) in [5, 5.41) is 0. The zero-order valence-electron chi connectivity index (χ0n) is 34.7. The molecule has 0 atom stereocenters. The van der Waals surface area contributed by atoms with Gasteiger partial charge in [-0.15, -0.1) is 0 Å². The molecule has 4 aliphatic rings. The zero-order chi connectivity index (χ0) is 41.8. The van der Waals surface area contributed by atoms with Gasteiger partial charge < -0.3 is 0 Å². The molecule has 4 fully saturated rings. The Bertz CT molecular complexity index is 1910. The average Bonchev–Trinajstić information content (AvgIpc) is 4.14. The smallest absolute Gasteiger partial charge is 0.0312 e. The van der Waals surface area contributed by atoms with Crippen LogP contribution in [0.5, 0.6) is 0 Å². The minimum atomic E-state index is -6.16. The van der Waals surface area contributed by atoms with Crippen LogP contribution in [-0.2, 0) is 40.2 Å². The molecule has 4 saturated carbocycles. The summed E-state index contributed by atoms with van der Waals surface area (Å²) in [6.45, 7) is 6.02. The van der Waals surface area contributed by atoms with Crippen LogP contribution in [0.4, 0.5) is 0 Å². The monoisotopic (exact) mass is 1000 g/mol. The van der Waals surface area contributed by atoms with Gasteiger partial charge in [0.25, 0.3) is 0 Å². The van der Waals surface area contributed by atoms with E-state index in [-0.39, 0.29) is 34.1 Å². The summed E-state index contributed by atoms with van der Waals surface area (Å²) >= 11 is -6.16. The first-order valence-electron chi connectivity index (χ1n) is 19.9. The third kappa shape index (κ3) is 11.8. The van der Waals surface area contributed by atoms with Gasteiger partial charge in [0, 0.05) is 0 Å². The molecule has 9 rings (SSSR count). The van der Waals surface area contributed by atoms with Crippen molar-refractivity contribution in [3.05, 3.63) is 288 Å². The molecule has 4 aliphatic carbocycles. The van der Waals surface area contributed by atoms with Crippen LogP contribution in [0.15, 0.2) is 121 Å². The second kappa shape index (κ2) is 23.7. The number of carbonyl (C=O) groups excluding carboxylic acids is 2. The number of rotatable bonds is 9. The van der Waals surface area contributed by atoms with Gasteiger partial charge in [0.15, 0.2) is 0 Å². The quantitative estimate of drug-likeness (QED) is 0.138. The van der Waals surface area contributed by atoms with Crippen molar-refractivity contribution in [3.8, 4) is 0 Å². The van der Waals surface area contributed by atoms with Crippen molar-refractivity contribution in [3.63, 3.8) is 0 Å². The maximum atomic E-state index is 14.7. The van der Waals surface area contributed by atoms with Crippen molar-refractivity contribution >= 4 is 40.7 Å². The Morgan fingerprint density at radius 3 is 0.823 bits per heavy atom. The second-order valence-electron chi connectivity index (χ2n) is 14.6. The number of benzene rings is 5. The average molecular weight is 1010 g/mol. The third-order valence-corrected chi connectivity index (χ3v) is 23.9. The second-order valence-corrected chi connectivity index (χ2v) is 25.6. The van der Waals surface area contributed by atoms with E-state index < -0.39 is 30.2 Å². The molecule has 0 heterocycles. The maximum Gasteiger partial charge on any atom is 2.00 e. The fraction of sp³-hybridized carbons (Fsp3) is 0.0545. The summed E-state index contributed by atoms with van der Waals surface area (Å²) in [5.41, 5.74) is 5.78. The fourth-order valence-electron chi connectivity index (χ4n) is 7.02. The van der Waals surface area contributed by atoms with E-state index in [1.165, 1.54) is 0 Å². The predicted molar refractivity (Wildman–Crippen MR) is 244 cm³/mol. The predicted octanol–water partition coefficient (Wildman–Crippen LogP) is 9.29. The molecular formula is C55H47Fe2O4Sb+4. The molecule has 5 aromatic carbocycles. The van der Waals surface area contributed by atoms with E-state index in [9.17, 15) is 9.59 Å².